The lowest BCUT2D eigenvalue weighted by Crippen LogP contribution is -2.41. The van der Waals surface area contributed by atoms with Crippen LogP contribution in [0.4, 0.5) is 0 Å². The second-order valence-electron chi connectivity index (χ2n) is 4.48. The van der Waals surface area contributed by atoms with Crippen molar-refractivity contribution in [3.8, 4) is 0 Å². The van der Waals surface area contributed by atoms with Gasteiger partial charge >= 0.3 is 0 Å². The van der Waals surface area contributed by atoms with E-state index in [4.69, 9.17) is 5.73 Å². The molecule has 0 bridgehead atoms. The van der Waals surface area contributed by atoms with E-state index in [0.717, 1.165) is 0 Å². The molecule has 0 aromatic carbocycles. The molecule has 1 saturated carbocycles. The first kappa shape index (κ1) is 11.5. The molecule has 0 radical (unpaired) electrons. The van der Waals surface area contributed by atoms with Crippen LogP contribution in [-0.2, 0) is 4.79 Å². The average Bonchev–Trinajstić information content (AvgIpc) is 2.69. The first-order valence-electron chi connectivity index (χ1n) is 5.65. The molecule has 0 aliphatic heterocycles. The van der Waals surface area contributed by atoms with E-state index in [2.05, 4.69) is 12.2 Å². The maximum Gasteiger partial charge on any atom is 0.224 e. The van der Waals surface area contributed by atoms with E-state index < -0.39 is 0 Å². The van der Waals surface area contributed by atoms with Gasteiger partial charge in [-0.2, -0.15) is 0 Å². The lowest BCUT2D eigenvalue weighted by atomic mass is 9.99. The van der Waals surface area contributed by atoms with Crippen molar-refractivity contribution in [2.75, 3.05) is 6.54 Å². The zero-order valence-electron chi connectivity index (χ0n) is 9.25. The largest absolute Gasteiger partial charge is 0.353 e. The zero-order chi connectivity index (χ0) is 10.6. The van der Waals surface area contributed by atoms with Crippen molar-refractivity contribution >= 4 is 5.91 Å². The summed E-state index contributed by atoms with van der Waals surface area (Å²) in [7, 11) is 0. The third kappa shape index (κ3) is 2.98. The number of nitrogens with two attached hydrogens (primary N) is 1. The Balaban J connectivity index is 2.31. The van der Waals surface area contributed by atoms with Crippen LogP contribution >= 0.6 is 0 Å². The van der Waals surface area contributed by atoms with Gasteiger partial charge in [0.25, 0.3) is 0 Å². The Morgan fingerprint density at radius 1 is 1.43 bits per heavy atom. The van der Waals surface area contributed by atoms with Crippen LogP contribution in [0.3, 0.4) is 0 Å². The Bertz CT molecular complexity index is 188. The Morgan fingerprint density at radius 3 is 2.50 bits per heavy atom. The van der Waals surface area contributed by atoms with Gasteiger partial charge in [0.15, 0.2) is 0 Å². The molecule has 82 valence electrons. The predicted octanol–water partition coefficient (Wildman–Crippen LogP) is 1.28. The number of hydrogen-bond acceptors (Lipinski definition) is 2. The molecule has 2 atom stereocenters. The van der Waals surface area contributed by atoms with Crippen LogP contribution in [0.2, 0.25) is 0 Å². The fourth-order valence-corrected chi connectivity index (χ4v) is 2.05. The van der Waals surface area contributed by atoms with Gasteiger partial charge < -0.3 is 11.1 Å². The number of carbonyl (C=O) groups excluding carboxylic acids is 1. The number of rotatable bonds is 4. The van der Waals surface area contributed by atoms with Gasteiger partial charge in [-0.15, -0.1) is 0 Å². The highest BCUT2D eigenvalue weighted by molar-refractivity contribution is 5.78. The summed E-state index contributed by atoms with van der Waals surface area (Å²) in [5, 5.41) is 3.05. The summed E-state index contributed by atoms with van der Waals surface area (Å²) >= 11 is 0. The molecule has 14 heavy (non-hydrogen) atoms. The summed E-state index contributed by atoms with van der Waals surface area (Å²) in [6.07, 6.45) is 5.16. The fourth-order valence-electron chi connectivity index (χ4n) is 2.05. The third-order valence-corrected chi connectivity index (χ3v) is 3.28. The third-order valence-electron chi connectivity index (χ3n) is 3.28. The van der Waals surface area contributed by atoms with E-state index in [1.54, 1.807) is 0 Å². The molecule has 1 aliphatic rings. The maximum atomic E-state index is 11.6. The standard InChI is InChI=1S/C11H22N2O/c1-8(7-12)11(14)13-9(2)10-5-3-4-6-10/h8-10H,3-7,12H2,1-2H3,(H,13,14)/t8?,9-/m1/s1. The Morgan fingerprint density at radius 2 is 2.00 bits per heavy atom. The van der Waals surface area contributed by atoms with Crippen molar-refractivity contribution in [1.29, 1.82) is 0 Å². The van der Waals surface area contributed by atoms with E-state index in [1.807, 2.05) is 6.92 Å². The van der Waals surface area contributed by atoms with Crippen molar-refractivity contribution in [1.82, 2.24) is 5.32 Å². The van der Waals surface area contributed by atoms with E-state index in [0.29, 0.717) is 18.5 Å². The summed E-state index contributed by atoms with van der Waals surface area (Å²) < 4.78 is 0. The highest BCUT2D eigenvalue weighted by Gasteiger charge is 2.23. The number of hydrogen-bond donors (Lipinski definition) is 2. The summed E-state index contributed by atoms with van der Waals surface area (Å²) in [6.45, 7) is 4.41. The van der Waals surface area contributed by atoms with Crippen LogP contribution in [0.1, 0.15) is 39.5 Å². The normalized spacial score (nSPS) is 21.9. The molecule has 1 aliphatic carbocycles. The lowest BCUT2D eigenvalue weighted by Gasteiger charge is -2.22. The van der Waals surface area contributed by atoms with Crippen LogP contribution in [0, 0.1) is 11.8 Å². The average molecular weight is 198 g/mol. The molecule has 3 N–H and O–H groups in total. The summed E-state index contributed by atoms with van der Waals surface area (Å²) in [6, 6.07) is 0.319. The van der Waals surface area contributed by atoms with Crippen molar-refractivity contribution in [2.45, 2.75) is 45.6 Å². The molecule has 0 spiro atoms. The van der Waals surface area contributed by atoms with Crippen LogP contribution in [-0.4, -0.2) is 18.5 Å². The van der Waals surface area contributed by atoms with Crippen LogP contribution in [0.15, 0.2) is 0 Å². The Kier molecular flexibility index (Phi) is 4.39. The van der Waals surface area contributed by atoms with Crippen molar-refractivity contribution in [3.05, 3.63) is 0 Å². The minimum atomic E-state index is -0.0566. The molecule has 0 heterocycles. The molecule has 0 saturated heterocycles. The van der Waals surface area contributed by atoms with Crippen molar-refractivity contribution in [3.63, 3.8) is 0 Å². The smallest absolute Gasteiger partial charge is 0.224 e. The van der Waals surface area contributed by atoms with E-state index in [9.17, 15) is 4.79 Å². The molecule has 3 heteroatoms. The van der Waals surface area contributed by atoms with Crippen LogP contribution in [0.5, 0.6) is 0 Å². The van der Waals surface area contributed by atoms with Crippen molar-refractivity contribution < 1.29 is 4.79 Å². The Labute approximate surface area is 86.4 Å². The predicted molar refractivity (Wildman–Crippen MR) is 57.8 cm³/mol. The van der Waals surface area contributed by atoms with Crippen LogP contribution in [0.25, 0.3) is 0 Å². The molecular formula is C11H22N2O. The molecule has 1 rings (SSSR count). The topological polar surface area (TPSA) is 55.1 Å². The molecule has 1 amide bonds. The van der Waals surface area contributed by atoms with Crippen LogP contribution < -0.4 is 11.1 Å². The molecule has 0 aromatic heterocycles. The molecule has 0 aromatic rings. The van der Waals surface area contributed by atoms with Gasteiger partial charge in [0, 0.05) is 18.5 Å². The van der Waals surface area contributed by atoms with E-state index in [1.165, 1.54) is 25.7 Å². The first-order chi connectivity index (χ1) is 6.65. The highest BCUT2D eigenvalue weighted by atomic mass is 16.1. The SMILES string of the molecule is CC(CN)C(=O)N[C@H](C)C1CCCC1. The fraction of sp³-hybridized carbons (Fsp3) is 0.909. The quantitative estimate of drug-likeness (QED) is 0.715. The summed E-state index contributed by atoms with van der Waals surface area (Å²) in [5.74, 6) is 0.731. The number of carbonyl (C=O) groups is 1. The van der Waals surface area contributed by atoms with Gasteiger partial charge in [-0.25, -0.2) is 0 Å². The van der Waals surface area contributed by atoms with Gasteiger partial charge in [0.05, 0.1) is 0 Å². The molecule has 1 fully saturated rings. The number of amides is 1. The van der Waals surface area contributed by atoms with Gasteiger partial charge in [-0.05, 0) is 25.7 Å². The van der Waals surface area contributed by atoms with E-state index in [-0.39, 0.29) is 11.8 Å². The van der Waals surface area contributed by atoms with Gasteiger partial charge in [-0.3, -0.25) is 4.79 Å². The molecule has 3 nitrogen and oxygen atoms in total. The van der Waals surface area contributed by atoms with Crippen molar-refractivity contribution in [2.24, 2.45) is 17.6 Å². The maximum absolute atomic E-state index is 11.6. The highest BCUT2D eigenvalue weighted by Crippen LogP contribution is 2.27. The second kappa shape index (κ2) is 5.35. The van der Waals surface area contributed by atoms with Gasteiger partial charge in [-0.1, -0.05) is 19.8 Å². The monoisotopic (exact) mass is 198 g/mol. The lowest BCUT2D eigenvalue weighted by molar-refractivity contribution is -0.125. The van der Waals surface area contributed by atoms with Gasteiger partial charge in [0.2, 0.25) is 5.91 Å². The molecule has 1 unspecified atom stereocenters. The van der Waals surface area contributed by atoms with E-state index >= 15 is 0 Å². The first-order valence-corrected chi connectivity index (χ1v) is 5.65. The Hall–Kier alpha value is -0.570. The zero-order valence-corrected chi connectivity index (χ0v) is 9.25. The summed E-state index contributed by atoms with van der Waals surface area (Å²) in [5.41, 5.74) is 5.44. The summed E-state index contributed by atoms with van der Waals surface area (Å²) in [4.78, 5) is 11.6. The second-order valence-corrected chi connectivity index (χ2v) is 4.48. The minimum absolute atomic E-state index is 0.0566. The van der Waals surface area contributed by atoms with Gasteiger partial charge in [0.1, 0.15) is 0 Å². The number of nitrogens with one attached hydrogen (secondary N) is 1. The minimum Gasteiger partial charge on any atom is -0.353 e. The molecular weight excluding hydrogens is 176 g/mol.